The molecule has 6 heteroatoms. The van der Waals surface area contributed by atoms with Crippen molar-refractivity contribution in [2.75, 3.05) is 23.3 Å². The van der Waals surface area contributed by atoms with Crippen LogP contribution in [0.15, 0.2) is 48.7 Å². The van der Waals surface area contributed by atoms with Crippen LogP contribution in [0.3, 0.4) is 0 Å². The minimum Gasteiger partial charge on any atom is -0.382 e. The van der Waals surface area contributed by atoms with E-state index < -0.39 is 0 Å². The molecule has 4 rings (SSSR count). The average molecular weight is 387 g/mol. The summed E-state index contributed by atoms with van der Waals surface area (Å²) < 4.78 is 0. The maximum Gasteiger partial charge on any atom is 0.202 e. The minimum absolute atomic E-state index is 0.0568. The highest BCUT2D eigenvalue weighted by molar-refractivity contribution is 6.42. The van der Waals surface area contributed by atoms with Gasteiger partial charge in [0.1, 0.15) is 0 Å². The molecule has 0 saturated carbocycles. The number of hydrogen-bond acceptors (Lipinski definition) is 3. The van der Waals surface area contributed by atoms with Gasteiger partial charge in [0, 0.05) is 36.4 Å². The summed E-state index contributed by atoms with van der Waals surface area (Å²) in [6.45, 7) is 1.65. The van der Waals surface area contributed by atoms with Crippen LogP contribution in [-0.4, -0.2) is 24.1 Å². The van der Waals surface area contributed by atoms with E-state index in [2.05, 4.69) is 15.2 Å². The normalized spacial score (nSPS) is 15.4. The van der Waals surface area contributed by atoms with Crippen molar-refractivity contribution in [1.82, 2.24) is 4.98 Å². The van der Waals surface area contributed by atoms with Crippen LogP contribution in [0, 0.1) is 0 Å². The third kappa shape index (κ3) is 3.53. The second-order valence-corrected chi connectivity index (χ2v) is 7.36. The molecule has 1 saturated heterocycles. The molecule has 1 radical (unpaired) electrons. The van der Waals surface area contributed by atoms with E-state index in [9.17, 15) is 5.11 Å². The van der Waals surface area contributed by atoms with E-state index in [1.54, 1.807) is 18.3 Å². The van der Waals surface area contributed by atoms with Crippen molar-refractivity contribution in [1.29, 1.82) is 0 Å². The molecule has 1 aromatic heterocycles. The zero-order valence-corrected chi connectivity index (χ0v) is 15.6. The third-order valence-corrected chi connectivity index (χ3v) is 5.55. The fraction of sp³-hybridized carbons (Fsp3) is 0.250. The number of piperidine rings is 1. The molecule has 2 aromatic carbocycles. The van der Waals surface area contributed by atoms with Gasteiger partial charge in [-0.05, 0) is 49.2 Å². The molecule has 0 atom stereocenters. The Morgan fingerprint density at radius 3 is 2.62 bits per heavy atom. The first kappa shape index (κ1) is 17.3. The van der Waals surface area contributed by atoms with Gasteiger partial charge in [-0.2, -0.15) is 0 Å². The van der Waals surface area contributed by atoms with Crippen molar-refractivity contribution < 1.29 is 5.11 Å². The highest BCUT2D eigenvalue weighted by atomic mass is 35.5. The Morgan fingerprint density at radius 2 is 1.85 bits per heavy atom. The lowest BCUT2D eigenvalue weighted by molar-refractivity contribution is 0.354. The summed E-state index contributed by atoms with van der Waals surface area (Å²) in [5, 5.41) is 18.0. The largest absolute Gasteiger partial charge is 0.382 e. The maximum absolute atomic E-state index is 12.5. The van der Waals surface area contributed by atoms with Crippen molar-refractivity contribution >= 4 is 45.5 Å². The number of benzene rings is 2. The van der Waals surface area contributed by atoms with Crippen molar-refractivity contribution in [2.45, 2.75) is 18.9 Å². The second-order valence-electron chi connectivity index (χ2n) is 6.55. The Labute approximate surface area is 162 Å². The number of rotatable bonds is 3. The lowest BCUT2D eigenvalue weighted by Crippen LogP contribution is -2.39. The van der Waals surface area contributed by atoms with Gasteiger partial charge in [-0.15, -0.1) is 0 Å². The number of halogens is 2. The van der Waals surface area contributed by atoms with Crippen molar-refractivity contribution in [2.24, 2.45) is 0 Å². The number of fused-ring (bicyclic) bond motifs is 1. The first-order valence-electron chi connectivity index (χ1n) is 8.62. The Bertz CT molecular complexity index is 939. The van der Waals surface area contributed by atoms with Gasteiger partial charge in [-0.25, -0.2) is 0 Å². The van der Waals surface area contributed by atoms with Crippen LogP contribution in [0.25, 0.3) is 10.9 Å². The second kappa shape index (κ2) is 7.22. The van der Waals surface area contributed by atoms with Gasteiger partial charge in [0.2, 0.25) is 5.75 Å². The Kier molecular flexibility index (Phi) is 4.79. The van der Waals surface area contributed by atoms with Gasteiger partial charge in [0.15, 0.2) is 0 Å². The Hall–Kier alpha value is -2.17. The molecule has 1 aliphatic rings. The summed E-state index contributed by atoms with van der Waals surface area (Å²) in [5.74, 6) is 0.0568. The first-order chi connectivity index (χ1) is 12.6. The number of hydrogen-bond donors (Lipinski definition) is 1. The van der Waals surface area contributed by atoms with Crippen LogP contribution in [0.5, 0.6) is 5.75 Å². The first-order valence-corrected chi connectivity index (χ1v) is 9.38. The topological polar surface area (TPSA) is 48.1 Å². The number of pyridine rings is 1. The highest BCUT2D eigenvalue weighted by Gasteiger charge is 2.22. The van der Waals surface area contributed by atoms with E-state index in [0.29, 0.717) is 16.1 Å². The van der Waals surface area contributed by atoms with Crippen LogP contribution < -0.4 is 10.2 Å². The SMILES string of the molecule is [O]c1cc2cccnc2cc1N1CCC(Nc2ccc(Cl)c(Cl)c2)CC1. The van der Waals surface area contributed by atoms with Crippen LogP contribution in [-0.2, 0) is 5.11 Å². The third-order valence-electron chi connectivity index (χ3n) is 4.81. The van der Waals surface area contributed by atoms with E-state index in [0.717, 1.165) is 48.2 Å². The fourth-order valence-corrected chi connectivity index (χ4v) is 3.72. The summed E-state index contributed by atoms with van der Waals surface area (Å²) in [6.07, 6.45) is 3.64. The molecule has 1 N–H and O–H groups in total. The summed E-state index contributed by atoms with van der Waals surface area (Å²) in [7, 11) is 0. The molecule has 133 valence electrons. The number of anilines is 2. The standard InChI is InChI=1S/C20H18Cl2N3O/c21-16-4-3-15(11-17(16)22)24-14-5-8-25(9-6-14)19-12-18-13(10-20(19)26)2-1-7-23-18/h1-4,7,10-12,14,24H,5-6,8-9H2. The van der Waals surface area contributed by atoms with Crippen LogP contribution in [0.1, 0.15) is 12.8 Å². The van der Waals surface area contributed by atoms with Crippen LogP contribution in [0.2, 0.25) is 10.0 Å². The molecular formula is C20H18Cl2N3O. The quantitative estimate of drug-likeness (QED) is 0.621. The van der Waals surface area contributed by atoms with E-state index in [4.69, 9.17) is 23.2 Å². The molecule has 26 heavy (non-hydrogen) atoms. The molecule has 0 amide bonds. The van der Waals surface area contributed by atoms with E-state index in [1.165, 1.54) is 0 Å². The van der Waals surface area contributed by atoms with Gasteiger partial charge >= 0.3 is 0 Å². The smallest absolute Gasteiger partial charge is 0.202 e. The molecular weight excluding hydrogens is 369 g/mol. The molecule has 0 spiro atoms. The predicted octanol–water partition coefficient (Wildman–Crippen LogP) is 5.77. The maximum atomic E-state index is 12.5. The van der Waals surface area contributed by atoms with Crippen molar-refractivity contribution in [3.8, 4) is 5.75 Å². The molecule has 3 aromatic rings. The van der Waals surface area contributed by atoms with Crippen molar-refractivity contribution in [3.63, 3.8) is 0 Å². The number of nitrogens with one attached hydrogen (secondary N) is 1. The van der Waals surface area contributed by atoms with Gasteiger partial charge in [0.25, 0.3) is 0 Å². The zero-order valence-electron chi connectivity index (χ0n) is 14.1. The summed E-state index contributed by atoms with van der Waals surface area (Å²) in [4.78, 5) is 6.52. The molecule has 0 unspecified atom stereocenters. The zero-order chi connectivity index (χ0) is 18.1. The lowest BCUT2D eigenvalue weighted by atomic mass is 10.0. The molecule has 2 heterocycles. The molecule has 0 bridgehead atoms. The van der Waals surface area contributed by atoms with Gasteiger partial charge < -0.3 is 10.2 Å². The highest BCUT2D eigenvalue weighted by Crippen LogP contribution is 2.34. The fourth-order valence-electron chi connectivity index (χ4n) is 3.42. The van der Waals surface area contributed by atoms with Gasteiger partial charge in [-0.3, -0.25) is 10.1 Å². The molecule has 1 aliphatic heterocycles. The van der Waals surface area contributed by atoms with Crippen LogP contribution in [0.4, 0.5) is 11.4 Å². The molecule has 0 aliphatic carbocycles. The van der Waals surface area contributed by atoms with Crippen LogP contribution >= 0.6 is 23.2 Å². The van der Waals surface area contributed by atoms with E-state index in [1.807, 2.05) is 30.3 Å². The summed E-state index contributed by atoms with van der Waals surface area (Å²) >= 11 is 12.0. The number of aromatic nitrogens is 1. The molecule has 4 nitrogen and oxygen atoms in total. The van der Waals surface area contributed by atoms with Gasteiger partial charge in [-0.1, -0.05) is 29.3 Å². The average Bonchev–Trinajstić information content (AvgIpc) is 2.65. The van der Waals surface area contributed by atoms with E-state index in [-0.39, 0.29) is 5.75 Å². The minimum atomic E-state index is 0.0568. The predicted molar refractivity (Wildman–Crippen MR) is 107 cm³/mol. The molecule has 1 fully saturated rings. The monoisotopic (exact) mass is 386 g/mol. The van der Waals surface area contributed by atoms with Crippen molar-refractivity contribution in [3.05, 3.63) is 58.7 Å². The number of nitrogens with zero attached hydrogens (tertiary/aromatic N) is 2. The van der Waals surface area contributed by atoms with Gasteiger partial charge in [0.05, 0.1) is 21.2 Å². The summed E-state index contributed by atoms with van der Waals surface area (Å²) in [6, 6.07) is 13.3. The van der Waals surface area contributed by atoms with E-state index >= 15 is 0 Å². The Balaban J connectivity index is 1.45. The Morgan fingerprint density at radius 1 is 1.04 bits per heavy atom. The summed E-state index contributed by atoms with van der Waals surface area (Å²) in [5.41, 5.74) is 2.57. The lowest BCUT2D eigenvalue weighted by Gasteiger charge is -2.34.